The molecule has 5 N–H and O–H groups in total. The van der Waals surface area contributed by atoms with Crippen molar-refractivity contribution in [1.82, 2.24) is 4.90 Å². The zero-order valence-corrected chi connectivity index (χ0v) is 12.6. The maximum Gasteiger partial charge on any atom is 0.321 e. The molecule has 0 aliphatic carbocycles. The van der Waals surface area contributed by atoms with Crippen molar-refractivity contribution in [2.75, 3.05) is 13.7 Å². The van der Waals surface area contributed by atoms with E-state index in [0.717, 1.165) is 10.5 Å². The van der Waals surface area contributed by atoms with Crippen molar-refractivity contribution in [2.24, 2.45) is 0 Å². The van der Waals surface area contributed by atoms with Crippen LogP contribution >= 0.6 is 0 Å². The predicted octanol–water partition coefficient (Wildman–Crippen LogP) is -1.63. The van der Waals surface area contributed by atoms with Crippen molar-refractivity contribution in [2.45, 2.75) is 36.7 Å². The van der Waals surface area contributed by atoms with E-state index in [2.05, 4.69) is 0 Å². The van der Waals surface area contributed by atoms with E-state index in [1.54, 1.807) is 30.3 Å². The first-order chi connectivity index (χ1) is 10.8. The van der Waals surface area contributed by atoms with Crippen LogP contribution in [0.1, 0.15) is 5.56 Å². The van der Waals surface area contributed by atoms with Crippen LogP contribution in [0.25, 0.3) is 0 Å². The largest absolute Gasteiger partial charge is 0.480 e. The number of nitrogens with zero attached hydrogens (tertiary/aromatic N) is 1. The highest BCUT2D eigenvalue weighted by Crippen LogP contribution is 2.33. The molecule has 0 spiro atoms. The van der Waals surface area contributed by atoms with Crippen molar-refractivity contribution in [3.8, 4) is 0 Å². The maximum absolute atomic E-state index is 11.6. The summed E-state index contributed by atoms with van der Waals surface area (Å²) >= 11 is 0. The normalized spacial score (nSPS) is 32.2. The second kappa shape index (κ2) is 6.91. The highest BCUT2D eigenvalue weighted by molar-refractivity contribution is 5.74. The summed E-state index contributed by atoms with van der Waals surface area (Å²) in [6.45, 7) is -0.620. The molecule has 1 aromatic rings. The molecular formula is C15H21NO7. The number of aliphatic hydroxyl groups excluding tert-OH is 3. The first-order valence-corrected chi connectivity index (χ1v) is 7.18. The van der Waals surface area contributed by atoms with Gasteiger partial charge in [-0.3, -0.25) is 4.79 Å². The minimum Gasteiger partial charge on any atom is -0.480 e. The lowest BCUT2D eigenvalue weighted by atomic mass is 10.0. The van der Waals surface area contributed by atoms with E-state index in [1.807, 2.05) is 0 Å². The third-order valence-electron chi connectivity index (χ3n) is 4.12. The SMILES string of the molecule is CN(C(Cc1ccccc1)C(=O)O)C1(O)OC(CO)C(O)C1O. The summed E-state index contributed by atoms with van der Waals surface area (Å²) in [5, 5.41) is 48.9. The molecular weight excluding hydrogens is 306 g/mol. The zero-order chi connectivity index (χ0) is 17.2. The van der Waals surface area contributed by atoms with Crippen LogP contribution in [0, 0.1) is 0 Å². The average molecular weight is 327 g/mol. The molecule has 1 aliphatic heterocycles. The summed E-state index contributed by atoms with van der Waals surface area (Å²) in [6.07, 6.45) is -4.45. The fraction of sp³-hybridized carbons (Fsp3) is 0.533. The molecule has 2 rings (SSSR count). The number of rotatable bonds is 6. The van der Waals surface area contributed by atoms with Gasteiger partial charge in [-0.25, -0.2) is 4.90 Å². The summed E-state index contributed by atoms with van der Waals surface area (Å²) in [6, 6.07) is 7.59. The van der Waals surface area contributed by atoms with Gasteiger partial charge in [-0.2, -0.15) is 0 Å². The lowest BCUT2D eigenvalue weighted by Gasteiger charge is -2.38. The molecule has 128 valence electrons. The number of likely N-dealkylation sites (N-methyl/N-ethyl adjacent to an activating group) is 1. The highest BCUT2D eigenvalue weighted by atomic mass is 16.7. The molecule has 1 heterocycles. The minimum absolute atomic E-state index is 0.0605. The van der Waals surface area contributed by atoms with Gasteiger partial charge in [0.1, 0.15) is 18.2 Å². The molecule has 1 aliphatic rings. The van der Waals surface area contributed by atoms with E-state index in [4.69, 9.17) is 9.84 Å². The first-order valence-electron chi connectivity index (χ1n) is 7.18. The van der Waals surface area contributed by atoms with Crippen LogP contribution in [0.2, 0.25) is 0 Å². The van der Waals surface area contributed by atoms with Crippen LogP contribution in [0.3, 0.4) is 0 Å². The smallest absolute Gasteiger partial charge is 0.321 e. The van der Waals surface area contributed by atoms with Gasteiger partial charge in [0.05, 0.1) is 6.61 Å². The lowest BCUT2D eigenvalue weighted by Crippen LogP contribution is -2.61. The molecule has 0 aromatic heterocycles. The molecule has 8 heteroatoms. The van der Waals surface area contributed by atoms with Crippen molar-refractivity contribution in [1.29, 1.82) is 0 Å². The standard InChI is InChI=1S/C15H21NO7/c1-16(15(22)13(19)12(18)11(8-17)23-15)10(14(20)21)7-9-5-3-2-4-6-9/h2-6,10-13,17-19,22H,7-8H2,1H3,(H,20,21). The number of benzene rings is 1. The average Bonchev–Trinajstić information content (AvgIpc) is 2.77. The molecule has 1 fully saturated rings. The Morgan fingerprint density at radius 3 is 2.43 bits per heavy atom. The van der Waals surface area contributed by atoms with Gasteiger partial charge in [0.2, 0.25) is 0 Å². The predicted molar refractivity (Wildman–Crippen MR) is 78.3 cm³/mol. The Kier molecular flexibility index (Phi) is 5.35. The fourth-order valence-electron chi connectivity index (χ4n) is 2.68. The molecule has 0 radical (unpaired) electrons. The number of aliphatic carboxylic acids is 1. The Labute approximate surface area is 133 Å². The van der Waals surface area contributed by atoms with E-state index < -0.39 is 42.8 Å². The summed E-state index contributed by atoms with van der Waals surface area (Å²) in [7, 11) is 1.28. The molecule has 1 saturated heterocycles. The van der Waals surface area contributed by atoms with E-state index in [9.17, 15) is 25.2 Å². The second-order valence-electron chi connectivity index (χ2n) is 5.59. The quantitative estimate of drug-likeness (QED) is 0.394. The molecule has 8 nitrogen and oxygen atoms in total. The highest BCUT2D eigenvalue weighted by Gasteiger charge is 2.57. The molecule has 0 amide bonds. The van der Waals surface area contributed by atoms with Crippen molar-refractivity contribution in [3.05, 3.63) is 35.9 Å². The minimum atomic E-state index is -2.41. The van der Waals surface area contributed by atoms with Crippen LogP contribution in [-0.4, -0.2) is 80.3 Å². The van der Waals surface area contributed by atoms with Crippen LogP contribution in [0.5, 0.6) is 0 Å². The number of carboxylic acids is 1. The van der Waals surface area contributed by atoms with Crippen LogP contribution < -0.4 is 0 Å². The van der Waals surface area contributed by atoms with E-state index >= 15 is 0 Å². The summed E-state index contributed by atoms with van der Waals surface area (Å²) in [5.74, 6) is -3.63. The van der Waals surface area contributed by atoms with Gasteiger partial charge in [0, 0.05) is 0 Å². The summed E-state index contributed by atoms with van der Waals surface area (Å²) in [4.78, 5) is 12.5. The van der Waals surface area contributed by atoms with E-state index in [1.165, 1.54) is 7.05 Å². The van der Waals surface area contributed by atoms with Gasteiger partial charge < -0.3 is 30.3 Å². The summed E-state index contributed by atoms with van der Waals surface area (Å²) in [5.41, 5.74) is 0.724. The van der Waals surface area contributed by atoms with Gasteiger partial charge in [-0.1, -0.05) is 30.3 Å². The summed E-state index contributed by atoms with van der Waals surface area (Å²) < 4.78 is 5.12. The molecule has 23 heavy (non-hydrogen) atoms. The number of carboxylic acid groups (broad SMARTS) is 1. The van der Waals surface area contributed by atoms with E-state index in [-0.39, 0.29) is 6.42 Å². The van der Waals surface area contributed by atoms with Gasteiger partial charge in [0.25, 0.3) is 5.91 Å². The monoisotopic (exact) mass is 327 g/mol. The molecule has 5 unspecified atom stereocenters. The van der Waals surface area contributed by atoms with Gasteiger partial charge in [-0.15, -0.1) is 0 Å². The Hall–Kier alpha value is -1.55. The van der Waals surface area contributed by atoms with Crippen molar-refractivity contribution >= 4 is 5.97 Å². The zero-order valence-electron chi connectivity index (χ0n) is 12.6. The Morgan fingerprint density at radius 2 is 1.96 bits per heavy atom. The van der Waals surface area contributed by atoms with Gasteiger partial charge >= 0.3 is 5.97 Å². The number of aliphatic hydroxyl groups is 4. The van der Waals surface area contributed by atoms with Crippen molar-refractivity contribution in [3.63, 3.8) is 0 Å². The molecule has 0 bridgehead atoms. The number of carbonyl (C=O) groups is 1. The lowest BCUT2D eigenvalue weighted by molar-refractivity contribution is -0.315. The third-order valence-corrected chi connectivity index (χ3v) is 4.12. The molecule has 0 saturated carbocycles. The number of ether oxygens (including phenoxy) is 1. The van der Waals surface area contributed by atoms with Gasteiger partial charge in [0.15, 0.2) is 6.10 Å². The Morgan fingerprint density at radius 1 is 1.35 bits per heavy atom. The Bertz CT molecular complexity index is 540. The number of hydrogen-bond donors (Lipinski definition) is 5. The van der Waals surface area contributed by atoms with Crippen LogP contribution in [0.15, 0.2) is 30.3 Å². The van der Waals surface area contributed by atoms with Crippen LogP contribution in [0.4, 0.5) is 0 Å². The van der Waals surface area contributed by atoms with Crippen LogP contribution in [-0.2, 0) is 16.0 Å². The molecule has 5 atom stereocenters. The Balaban J connectivity index is 2.24. The molecule has 1 aromatic carbocycles. The topological polar surface area (TPSA) is 131 Å². The maximum atomic E-state index is 11.6. The van der Waals surface area contributed by atoms with Crippen molar-refractivity contribution < 1.29 is 35.1 Å². The van der Waals surface area contributed by atoms with Gasteiger partial charge in [-0.05, 0) is 19.0 Å². The van der Waals surface area contributed by atoms with E-state index in [0.29, 0.717) is 0 Å². The fourth-order valence-corrected chi connectivity index (χ4v) is 2.68. The first kappa shape index (κ1) is 17.8. The number of hydrogen-bond acceptors (Lipinski definition) is 7. The third kappa shape index (κ3) is 3.37. The second-order valence-corrected chi connectivity index (χ2v) is 5.59.